The lowest BCUT2D eigenvalue weighted by Gasteiger charge is -2.33. The van der Waals surface area contributed by atoms with Crippen LogP contribution in [0.25, 0.3) is 0 Å². The van der Waals surface area contributed by atoms with E-state index in [4.69, 9.17) is 5.73 Å². The first-order valence-corrected chi connectivity index (χ1v) is 5.49. The van der Waals surface area contributed by atoms with Gasteiger partial charge in [0.05, 0.1) is 0 Å². The fraction of sp³-hybridized carbons (Fsp3) is 0.818. The van der Waals surface area contributed by atoms with Gasteiger partial charge in [0.2, 0.25) is 0 Å². The van der Waals surface area contributed by atoms with Gasteiger partial charge in [-0.1, -0.05) is 12.2 Å². The van der Waals surface area contributed by atoms with Crippen molar-refractivity contribution < 1.29 is 0 Å². The van der Waals surface area contributed by atoms with Gasteiger partial charge in [-0.05, 0) is 50.6 Å². The molecule has 3 N–H and O–H groups in total. The van der Waals surface area contributed by atoms with E-state index >= 15 is 0 Å². The van der Waals surface area contributed by atoms with Crippen LogP contribution >= 0.6 is 0 Å². The second kappa shape index (κ2) is 4.25. The fourth-order valence-corrected chi connectivity index (χ4v) is 2.65. The van der Waals surface area contributed by atoms with Crippen LogP contribution in [0.3, 0.4) is 0 Å². The van der Waals surface area contributed by atoms with Crippen molar-refractivity contribution in [2.45, 2.75) is 31.7 Å². The molecule has 1 fully saturated rings. The molecule has 0 aromatic rings. The summed E-state index contributed by atoms with van der Waals surface area (Å²) in [4.78, 5) is 0. The van der Waals surface area contributed by atoms with Crippen LogP contribution < -0.4 is 11.1 Å². The first-order chi connectivity index (χ1) is 6.36. The Hall–Kier alpha value is -0.340. The highest BCUT2D eigenvalue weighted by Gasteiger charge is 2.25. The highest BCUT2D eigenvalue weighted by molar-refractivity contribution is 5.00. The van der Waals surface area contributed by atoms with Gasteiger partial charge in [0.1, 0.15) is 0 Å². The van der Waals surface area contributed by atoms with Gasteiger partial charge in [0.25, 0.3) is 0 Å². The molecular weight excluding hydrogens is 160 g/mol. The van der Waals surface area contributed by atoms with Crippen LogP contribution in [-0.4, -0.2) is 19.1 Å². The van der Waals surface area contributed by atoms with Gasteiger partial charge in [-0.25, -0.2) is 0 Å². The van der Waals surface area contributed by atoms with E-state index in [2.05, 4.69) is 17.5 Å². The lowest BCUT2D eigenvalue weighted by Crippen LogP contribution is -2.35. The molecule has 2 atom stereocenters. The number of rotatable bonds is 1. The Kier molecular flexibility index (Phi) is 3.01. The normalized spacial score (nSPS) is 36.4. The summed E-state index contributed by atoms with van der Waals surface area (Å²) in [6.45, 7) is 2.42. The summed E-state index contributed by atoms with van der Waals surface area (Å²) >= 11 is 0. The first-order valence-electron chi connectivity index (χ1n) is 5.49. The number of nitrogens with one attached hydrogen (secondary N) is 1. The summed E-state index contributed by atoms with van der Waals surface area (Å²) in [6, 6.07) is 0.327. The van der Waals surface area contributed by atoms with Crippen molar-refractivity contribution in [3.05, 3.63) is 12.2 Å². The Labute approximate surface area is 80.6 Å². The van der Waals surface area contributed by atoms with E-state index in [-0.39, 0.29) is 0 Å². The van der Waals surface area contributed by atoms with Crippen LogP contribution in [0.2, 0.25) is 0 Å². The molecule has 2 aliphatic rings. The molecule has 1 aliphatic heterocycles. The zero-order valence-electron chi connectivity index (χ0n) is 8.21. The van der Waals surface area contributed by atoms with Crippen molar-refractivity contribution in [3.8, 4) is 0 Å². The van der Waals surface area contributed by atoms with E-state index < -0.39 is 0 Å². The third-order valence-corrected chi connectivity index (χ3v) is 3.45. The van der Waals surface area contributed by atoms with Crippen LogP contribution in [0.1, 0.15) is 25.7 Å². The summed E-state index contributed by atoms with van der Waals surface area (Å²) in [7, 11) is 0. The average Bonchev–Trinajstić information content (AvgIpc) is 2.19. The average molecular weight is 180 g/mol. The Balaban J connectivity index is 1.88. The number of piperidine rings is 1. The highest BCUT2D eigenvalue weighted by atomic mass is 14.9. The van der Waals surface area contributed by atoms with E-state index in [0.717, 1.165) is 11.8 Å². The lowest BCUT2D eigenvalue weighted by atomic mass is 9.77. The van der Waals surface area contributed by atoms with Gasteiger partial charge >= 0.3 is 0 Å². The quantitative estimate of drug-likeness (QED) is 0.597. The SMILES string of the molecule is NC1C=CCC(C2CCNCC2)C1. The molecule has 0 saturated carbocycles. The third kappa shape index (κ3) is 2.32. The summed E-state index contributed by atoms with van der Waals surface area (Å²) in [5.41, 5.74) is 5.93. The number of hydrogen-bond donors (Lipinski definition) is 2. The second-order valence-corrected chi connectivity index (χ2v) is 4.41. The monoisotopic (exact) mass is 180 g/mol. The van der Waals surface area contributed by atoms with Crippen molar-refractivity contribution in [2.75, 3.05) is 13.1 Å². The highest BCUT2D eigenvalue weighted by Crippen LogP contribution is 2.31. The Bertz CT molecular complexity index is 183. The molecule has 1 heterocycles. The Morgan fingerprint density at radius 2 is 1.92 bits per heavy atom. The number of hydrogen-bond acceptors (Lipinski definition) is 2. The van der Waals surface area contributed by atoms with Crippen molar-refractivity contribution in [1.29, 1.82) is 0 Å². The van der Waals surface area contributed by atoms with Crippen molar-refractivity contribution >= 4 is 0 Å². The van der Waals surface area contributed by atoms with E-state index in [9.17, 15) is 0 Å². The maximum atomic E-state index is 5.93. The molecule has 74 valence electrons. The van der Waals surface area contributed by atoms with Crippen LogP contribution in [0.4, 0.5) is 0 Å². The van der Waals surface area contributed by atoms with Crippen molar-refractivity contribution in [3.63, 3.8) is 0 Å². The topological polar surface area (TPSA) is 38.0 Å². The van der Waals surface area contributed by atoms with Crippen LogP contribution in [0, 0.1) is 11.8 Å². The molecule has 13 heavy (non-hydrogen) atoms. The molecule has 0 spiro atoms. The van der Waals surface area contributed by atoms with Gasteiger partial charge in [-0.3, -0.25) is 0 Å². The maximum Gasteiger partial charge on any atom is 0.0226 e. The molecule has 0 aromatic heterocycles. The predicted molar refractivity (Wildman–Crippen MR) is 55.4 cm³/mol. The molecule has 0 aromatic carbocycles. The fourth-order valence-electron chi connectivity index (χ4n) is 2.65. The minimum atomic E-state index is 0.327. The van der Waals surface area contributed by atoms with E-state index in [1.807, 2.05) is 0 Å². The van der Waals surface area contributed by atoms with Crippen LogP contribution in [0.5, 0.6) is 0 Å². The Morgan fingerprint density at radius 3 is 2.62 bits per heavy atom. The summed E-state index contributed by atoms with van der Waals surface area (Å²) in [5.74, 6) is 1.79. The smallest absolute Gasteiger partial charge is 0.0226 e. The molecule has 2 rings (SSSR count). The van der Waals surface area contributed by atoms with Gasteiger partial charge in [0, 0.05) is 6.04 Å². The van der Waals surface area contributed by atoms with Gasteiger partial charge in [-0.15, -0.1) is 0 Å². The summed E-state index contributed by atoms with van der Waals surface area (Å²) in [5, 5.41) is 3.42. The van der Waals surface area contributed by atoms with E-state index in [1.54, 1.807) is 0 Å². The maximum absolute atomic E-state index is 5.93. The first kappa shape index (κ1) is 9.22. The van der Waals surface area contributed by atoms with Crippen LogP contribution in [0.15, 0.2) is 12.2 Å². The van der Waals surface area contributed by atoms with Gasteiger partial charge in [-0.2, -0.15) is 0 Å². The van der Waals surface area contributed by atoms with E-state index in [1.165, 1.54) is 38.8 Å². The molecular formula is C11H20N2. The standard InChI is InChI=1S/C11H20N2/c12-11-3-1-2-10(8-11)9-4-6-13-7-5-9/h1,3,9-11,13H,2,4-8,12H2. The molecule has 0 amide bonds. The Morgan fingerprint density at radius 1 is 1.15 bits per heavy atom. The zero-order chi connectivity index (χ0) is 9.10. The minimum Gasteiger partial charge on any atom is -0.324 e. The molecule has 1 saturated heterocycles. The molecule has 2 nitrogen and oxygen atoms in total. The number of allylic oxidation sites excluding steroid dienone is 1. The van der Waals surface area contributed by atoms with E-state index in [0.29, 0.717) is 6.04 Å². The molecule has 1 aliphatic carbocycles. The minimum absolute atomic E-state index is 0.327. The molecule has 2 heteroatoms. The summed E-state index contributed by atoms with van der Waals surface area (Å²) in [6.07, 6.45) is 9.62. The third-order valence-electron chi connectivity index (χ3n) is 3.45. The second-order valence-electron chi connectivity index (χ2n) is 4.41. The summed E-state index contributed by atoms with van der Waals surface area (Å²) < 4.78 is 0. The van der Waals surface area contributed by atoms with Gasteiger partial charge < -0.3 is 11.1 Å². The molecule has 0 radical (unpaired) electrons. The van der Waals surface area contributed by atoms with Crippen molar-refractivity contribution in [2.24, 2.45) is 17.6 Å². The molecule has 0 bridgehead atoms. The largest absolute Gasteiger partial charge is 0.324 e. The zero-order valence-corrected chi connectivity index (χ0v) is 8.21. The van der Waals surface area contributed by atoms with Crippen LogP contribution in [-0.2, 0) is 0 Å². The lowest BCUT2D eigenvalue weighted by molar-refractivity contribution is 0.237. The number of nitrogens with two attached hydrogens (primary N) is 1. The van der Waals surface area contributed by atoms with Gasteiger partial charge in [0.15, 0.2) is 0 Å². The molecule has 2 unspecified atom stereocenters. The predicted octanol–water partition coefficient (Wildman–Crippen LogP) is 1.28. The van der Waals surface area contributed by atoms with Crippen molar-refractivity contribution in [1.82, 2.24) is 5.32 Å².